The van der Waals surface area contributed by atoms with Gasteiger partial charge in [0.1, 0.15) is 17.3 Å². The molecule has 1 aromatic carbocycles. The van der Waals surface area contributed by atoms with Gasteiger partial charge in [0.05, 0.1) is 14.2 Å². The van der Waals surface area contributed by atoms with Gasteiger partial charge in [0.15, 0.2) is 0 Å². The molecule has 0 radical (unpaired) electrons. The van der Waals surface area contributed by atoms with Gasteiger partial charge in [-0.15, -0.1) is 0 Å². The Hall–Kier alpha value is -1.51. The van der Waals surface area contributed by atoms with Crippen LogP contribution in [0.25, 0.3) is 0 Å². The van der Waals surface area contributed by atoms with Crippen LogP contribution in [-0.4, -0.2) is 20.0 Å². The number of Topliss-reactive ketones (excluding diaryl/α,β-unsaturated/α-hetero) is 1. The lowest BCUT2D eigenvalue weighted by atomic mass is 9.46. The molecule has 24 heavy (non-hydrogen) atoms. The summed E-state index contributed by atoms with van der Waals surface area (Å²) in [6, 6.07) is 6.08. The molecule has 3 rings (SSSR count). The zero-order chi connectivity index (χ0) is 17.5. The predicted octanol–water partition coefficient (Wildman–Crippen LogP) is 4.77. The summed E-state index contributed by atoms with van der Waals surface area (Å²) >= 11 is 0. The average Bonchev–Trinajstić information content (AvgIpc) is 2.60. The van der Waals surface area contributed by atoms with Gasteiger partial charge >= 0.3 is 0 Å². The molecular weight excluding hydrogens is 300 g/mol. The number of hydrogen-bond acceptors (Lipinski definition) is 3. The largest absolute Gasteiger partial charge is 0.497 e. The Labute approximate surface area is 145 Å². The van der Waals surface area contributed by atoms with Crippen molar-refractivity contribution in [2.75, 3.05) is 14.2 Å². The summed E-state index contributed by atoms with van der Waals surface area (Å²) in [5.41, 5.74) is 0.916. The maximum Gasteiger partial charge on any atom is 0.139 e. The van der Waals surface area contributed by atoms with E-state index in [1.165, 1.54) is 5.56 Å². The van der Waals surface area contributed by atoms with Gasteiger partial charge < -0.3 is 9.47 Å². The normalized spacial score (nSPS) is 36.1. The van der Waals surface area contributed by atoms with Crippen LogP contribution < -0.4 is 9.47 Å². The van der Waals surface area contributed by atoms with Crippen LogP contribution in [0.1, 0.15) is 58.4 Å². The molecule has 132 valence electrons. The molecular formula is C21H30O3. The fourth-order valence-electron chi connectivity index (χ4n) is 5.39. The van der Waals surface area contributed by atoms with Gasteiger partial charge in [-0.2, -0.15) is 0 Å². The van der Waals surface area contributed by atoms with Gasteiger partial charge in [-0.1, -0.05) is 20.8 Å². The van der Waals surface area contributed by atoms with Gasteiger partial charge in [0.25, 0.3) is 0 Å². The molecule has 2 aliphatic rings. The Bertz CT molecular complexity index is 638. The monoisotopic (exact) mass is 330 g/mol. The van der Waals surface area contributed by atoms with Crippen LogP contribution in [0.15, 0.2) is 18.2 Å². The number of fused-ring (bicyclic) bond motifs is 1. The molecule has 3 heteroatoms. The molecule has 3 nitrogen and oxygen atoms in total. The molecule has 0 unspecified atom stereocenters. The predicted molar refractivity (Wildman–Crippen MR) is 95.8 cm³/mol. The number of methoxy groups -OCH3 is 2. The highest BCUT2D eigenvalue weighted by Gasteiger charge is 2.57. The van der Waals surface area contributed by atoms with E-state index >= 15 is 0 Å². The fraction of sp³-hybridized carbons (Fsp3) is 0.667. The minimum absolute atomic E-state index is 0.0804. The summed E-state index contributed by atoms with van der Waals surface area (Å²) < 4.78 is 11.2. The molecule has 0 saturated heterocycles. The Balaban J connectivity index is 2.17. The van der Waals surface area contributed by atoms with Gasteiger partial charge in [0.2, 0.25) is 0 Å². The van der Waals surface area contributed by atoms with Crippen molar-refractivity contribution in [3.05, 3.63) is 23.8 Å². The summed E-state index contributed by atoms with van der Waals surface area (Å²) in [4.78, 5) is 12.8. The van der Waals surface area contributed by atoms with Crippen molar-refractivity contribution in [3.8, 4) is 11.5 Å². The molecule has 0 aliphatic heterocycles. The number of hydrogen-bond donors (Lipinski definition) is 0. The average molecular weight is 330 g/mol. The first-order valence-corrected chi connectivity index (χ1v) is 9.13. The third-order valence-corrected chi connectivity index (χ3v) is 7.13. The van der Waals surface area contributed by atoms with Gasteiger partial charge in [-0.3, -0.25) is 4.79 Å². The smallest absolute Gasteiger partial charge is 0.139 e. The second kappa shape index (κ2) is 6.09. The molecule has 0 heterocycles. The van der Waals surface area contributed by atoms with E-state index < -0.39 is 0 Å². The number of carbonyl (C=O) groups excluding carboxylic acids is 1. The minimum Gasteiger partial charge on any atom is -0.497 e. The van der Waals surface area contributed by atoms with Crippen LogP contribution in [0.3, 0.4) is 0 Å². The molecule has 1 aromatic rings. The van der Waals surface area contributed by atoms with Gasteiger partial charge in [-0.25, -0.2) is 0 Å². The summed E-state index contributed by atoms with van der Waals surface area (Å²) in [6.07, 6.45) is 4.96. The lowest BCUT2D eigenvalue weighted by Gasteiger charge is -2.57. The highest BCUT2D eigenvalue weighted by Crippen LogP contribution is 2.60. The van der Waals surface area contributed by atoms with Crippen molar-refractivity contribution in [1.29, 1.82) is 0 Å². The highest BCUT2D eigenvalue weighted by molar-refractivity contribution is 5.86. The molecule has 2 aliphatic carbocycles. The summed E-state index contributed by atoms with van der Waals surface area (Å²) in [5, 5.41) is 0. The standard InChI is InChI=1S/C21H30O3/c1-14-11-12-20(2)18(7-6-8-19(20)22)21(14,3)16-13-15(23-4)9-10-17(16)24-5/h9-10,13-14,18H,6-8,11-12H2,1-5H3/t14-,18+,20+,21-/m1/s1. The zero-order valence-corrected chi connectivity index (χ0v) is 15.6. The van der Waals surface area contributed by atoms with Crippen molar-refractivity contribution < 1.29 is 14.3 Å². The van der Waals surface area contributed by atoms with Crippen LogP contribution >= 0.6 is 0 Å². The first-order chi connectivity index (χ1) is 11.4. The number of ketones is 1. The lowest BCUT2D eigenvalue weighted by molar-refractivity contribution is -0.142. The first-order valence-electron chi connectivity index (χ1n) is 9.13. The summed E-state index contributed by atoms with van der Waals surface area (Å²) in [7, 11) is 3.43. The van der Waals surface area contributed by atoms with Crippen LogP contribution in [-0.2, 0) is 10.2 Å². The highest BCUT2D eigenvalue weighted by atomic mass is 16.5. The molecule has 0 bridgehead atoms. The van der Waals surface area contributed by atoms with Crippen LogP contribution in [0.5, 0.6) is 11.5 Å². The second-order valence-corrected chi connectivity index (χ2v) is 8.07. The van der Waals surface area contributed by atoms with Gasteiger partial charge in [0, 0.05) is 22.8 Å². The van der Waals surface area contributed by atoms with Crippen LogP contribution in [0, 0.1) is 17.3 Å². The minimum atomic E-state index is -0.201. The molecule has 0 amide bonds. The van der Waals surface area contributed by atoms with Crippen LogP contribution in [0.4, 0.5) is 0 Å². The fourth-order valence-corrected chi connectivity index (χ4v) is 5.39. The third-order valence-electron chi connectivity index (χ3n) is 7.13. The van der Waals surface area contributed by atoms with E-state index in [-0.39, 0.29) is 10.8 Å². The zero-order valence-electron chi connectivity index (χ0n) is 15.6. The van der Waals surface area contributed by atoms with E-state index in [4.69, 9.17) is 9.47 Å². The van der Waals surface area contributed by atoms with E-state index in [2.05, 4.69) is 26.8 Å². The van der Waals surface area contributed by atoms with E-state index in [0.29, 0.717) is 17.6 Å². The quantitative estimate of drug-likeness (QED) is 0.801. The van der Waals surface area contributed by atoms with Gasteiger partial charge in [-0.05, 0) is 55.7 Å². The number of rotatable bonds is 3. The lowest BCUT2D eigenvalue weighted by Crippen LogP contribution is -2.55. The van der Waals surface area contributed by atoms with E-state index in [1.807, 2.05) is 12.1 Å². The number of ether oxygens (including phenoxy) is 2. The Kier molecular flexibility index (Phi) is 4.39. The van der Waals surface area contributed by atoms with E-state index in [0.717, 1.165) is 43.6 Å². The molecule has 2 fully saturated rings. The Morgan fingerprint density at radius 1 is 1.12 bits per heavy atom. The maximum atomic E-state index is 12.8. The first kappa shape index (κ1) is 17.3. The SMILES string of the molecule is COc1ccc(OC)c([C@@]2(C)[C@H](C)CC[C@]3(C)C(=O)CCC[C@H]23)c1. The van der Waals surface area contributed by atoms with Crippen molar-refractivity contribution in [1.82, 2.24) is 0 Å². The van der Waals surface area contributed by atoms with Crippen molar-refractivity contribution in [2.45, 2.75) is 58.3 Å². The topological polar surface area (TPSA) is 35.5 Å². The van der Waals surface area contributed by atoms with Crippen molar-refractivity contribution >= 4 is 5.78 Å². The van der Waals surface area contributed by atoms with Crippen molar-refractivity contribution in [3.63, 3.8) is 0 Å². The van der Waals surface area contributed by atoms with E-state index in [1.54, 1.807) is 14.2 Å². The van der Waals surface area contributed by atoms with Crippen molar-refractivity contribution in [2.24, 2.45) is 17.3 Å². The molecule has 0 N–H and O–H groups in total. The molecule has 0 aromatic heterocycles. The summed E-state index contributed by atoms with van der Waals surface area (Å²) in [6.45, 7) is 6.88. The van der Waals surface area contributed by atoms with E-state index in [9.17, 15) is 4.79 Å². The molecule has 0 spiro atoms. The second-order valence-electron chi connectivity index (χ2n) is 8.07. The third kappa shape index (κ3) is 2.35. The Morgan fingerprint density at radius 3 is 2.54 bits per heavy atom. The number of benzene rings is 1. The molecule has 4 atom stereocenters. The molecule has 2 saturated carbocycles. The van der Waals surface area contributed by atoms with Crippen LogP contribution in [0.2, 0.25) is 0 Å². The summed E-state index contributed by atoms with van der Waals surface area (Å²) in [5.74, 6) is 3.08. The number of carbonyl (C=O) groups is 1. The maximum absolute atomic E-state index is 12.8. The Morgan fingerprint density at radius 2 is 1.88 bits per heavy atom.